The van der Waals surface area contributed by atoms with Crippen molar-refractivity contribution in [1.29, 1.82) is 0 Å². The number of benzene rings is 2. The van der Waals surface area contributed by atoms with Gasteiger partial charge in [-0.2, -0.15) is 0 Å². The average Bonchev–Trinajstić information content (AvgIpc) is 2.87. The van der Waals surface area contributed by atoms with Gasteiger partial charge in [0.15, 0.2) is 0 Å². The van der Waals surface area contributed by atoms with E-state index in [1.165, 1.54) is 22.4 Å². The van der Waals surface area contributed by atoms with E-state index in [1.54, 1.807) is 0 Å². The van der Waals surface area contributed by atoms with Crippen molar-refractivity contribution in [3.8, 4) is 11.3 Å². The maximum Gasteiger partial charge on any atom is 0.139 e. The van der Waals surface area contributed by atoms with Gasteiger partial charge in [-0.3, -0.25) is 0 Å². The maximum atomic E-state index is 6.26. The highest BCUT2D eigenvalue weighted by Crippen LogP contribution is 2.44. The zero-order valence-corrected chi connectivity index (χ0v) is 14.5. The van der Waals surface area contributed by atoms with Gasteiger partial charge in [0.2, 0.25) is 0 Å². The first-order valence-electron chi connectivity index (χ1n) is 8.72. The molecule has 1 aliphatic heterocycles. The maximum absolute atomic E-state index is 6.26. The fraction of sp³-hybridized carbons (Fsp3) is 0.273. The van der Waals surface area contributed by atoms with Gasteiger partial charge in [0.1, 0.15) is 11.5 Å². The molecule has 122 valence electrons. The van der Waals surface area contributed by atoms with E-state index in [9.17, 15) is 0 Å². The molecule has 0 saturated heterocycles. The number of para-hydroxylation sites is 1. The highest BCUT2D eigenvalue weighted by Gasteiger charge is 2.31. The molecule has 0 saturated carbocycles. The minimum atomic E-state index is 0.293. The van der Waals surface area contributed by atoms with Crippen LogP contribution < -0.4 is 4.90 Å². The second-order valence-electron chi connectivity index (χ2n) is 6.51. The van der Waals surface area contributed by atoms with Gasteiger partial charge in [-0.15, -0.1) is 0 Å². The Morgan fingerprint density at radius 3 is 2.50 bits per heavy atom. The molecule has 0 amide bonds. The van der Waals surface area contributed by atoms with Crippen molar-refractivity contribution in [2.24, 2.45) is 0 Å². The summed E-state index contributed by atoms with van der Waals surface area (Å²) < 4.78 is 6.26. The van der Waals surface area contributed by atoms with Gasteiger partial charge in [0.25, 0.3) is 0 Å². The van der Waals surface area contributed by atoms with E-state index in [4.69, 9.17) is 4.42 Å². The summed E-state index contributed by atoms with van der Waals surface area (Å²) in [5.74, 6) is 2.07. The van der Waals surface area contributed by atoms with E-state index in [-0.39, 0.29) is 0 Å². The number of fused-ring (bicyclic) bond motifs is 2. The molecule has 3 aromatic rings. The quantitative estimate of drug-likeness (QED) is 0.598. The third-order valence-corrected chi connectivity index (χ3v) is 5.18. The number of rotatable bonds is 2. The molecule has 0 spiro atoms. The minimum Gasteiger partial charge on any atom is -0.461 e. The van der Waals surface area contributed by atoms with Gasteiger partial charge in [-0.25, -0.2) is 0 Å². The van der Waals surface area contributed by atoms with E-state index in [0.29, 0.717) is 6.04 Å². The molecule has 2 nitrogen and oxygen atoms in total. The molecule has 0 aliphatic carbocycles. The first kappa shape index (κ1) is 15.1. The van der Waals surface area contributed by atoms with Crippen molar-refractivity contribution in [3.05, 3.63) is 77.0 Å². The topological polar surface area (TPSA) is 16.4 Å². The van der Waals surface area contributed by atoms with Crippen LogP contribution in [0.5, 0.6) is 0 Å². The lowest BCUT2D eigenvalue weighted by atomic mass is 9.96. The molecule has 24 heavy (non-hydrogen) atoms. The summed E-state index contributed by atoms with van der Waals surface area (Å²) in [4.78, 5) is 2.49. The Kier molecular flexibility index (Phi) is 3.68. The number of nitrogens with zero attached hydrogens (tertiary/aromatic N) is 1. The fourth-order valence-electron chi connectivity index (χ4n) is 4.00. The van der Waals surface area contributed by atoms with Crippen molar-refractivity contribution in [2.75, 3.05) is 11.4 Å². The summed E-state index contributed by atoms with van der Waals surface area (Å²) in [7, 11) is 0. The second-order valence-corrected chi connectivity index (χ2v) is 6.51. The molecule has 0 bridgehead atoms. The standard InChI is InChI=1S/C22H23NO/c1-4-23-15(2)21-19(14-18-12-8-9-13-20(18)23)16(3)24-22(21)17-10-6-5-7-11-17/h5-13,15H,4,14H2,1-3H3. The largest absolute Gasteiger partial charge is 0.461 e. The molecule has 2 aromatic carbocycles. The molecule has 0 radical (unpaired) electrons. The van der Waals surface area contributed by atoms with E-state index in [2.05, 4.69) is 80.3 Å². The first-order chi connectivity index (χ1) is 11.7. The Balaban J connectivity index is 1.95. The van der Waals surface area contributed by atoms with Crippen LogP contribution in [-0.2, 0) is 6.42 Å². The lowest BCUT2D eigenvalue weighted by Gasteiger charge is -2.30. The number of hydrogen-bond acceptors (Lipinski definition) is 2. The van der Waals surface area contributed by atoms with Crippen LogP contribution in [0, 0.1) is 6.92 Å². The second kappa shape index (κ2) is 5.86. The predicted molar refractivity (Wildman–Crippen MR) is 99.6 cm³/mol. The molecule has 1 atom stereocenters. The van der Waals surface area contributed by atoms with E-state index < -0.39 is 0 Å². The third kappa shape index (κ3) is 2.25. The van der Waals surface area contributed by atoms with Gasteiger partial charge in [0.05, 0.1) is 6.04 Å². The van der Waals surface area contributed by atoms with Crippen molar-refractivity contribution >= 4 is 5.69 Å². The van der Waals surface area contributed by atoms with E-state index in [1.807, 2.05) is 0 Å². The first-order valence-corrected chi connectivity index (χ1v) is 8.72. The van der Waals surface area contributed by atoms with Crippen molar-refractivity contribution < 1.29 is 4.42 Å². The summed E-state index contributed by atoms with van der Waals surface area (Å²) in [5, 5.41) is 0. The Bertz CT molecular complexity index is 863. The zero-order valence-electron chi connectivity index (χ0n) is 14.5. The van der Waals surface area contributed by atoms with Crippen LogP contribution in [0.1, 0.15) is 42.3 Å². The summed E-state index contributed by atoms with van der Waals surface area (Å²) in [6.07, 6.45) is 0.939. The molecule has 0 N–H and O–H groups in total. The van der Waals surface area contributed by atoms with Crippen LogP contribution in [0.25, 0.3) is 11.3 Å². The molecule has 0 fully saturated rings. The normalized spacial score (nSPS) is 16.5. The van der Waals surface area contributed by atoms with Gasteiger partial charge in [-0.1, -0.05) is 48.5 Å². The SMILES string of the molecule is CCN1c2ccccc2Cc2c(C)oc(-c3ccccc3)c2C1C. The average molecular weight is 317 g/mol. The number of hydrogen-bond donors (Lipinski definition) is 0. The minimum absolute atomic E-state index is 0.293. The smallest absolute Gasteiger partial charge is 0.139 e. The number of aryl methyl sites for hydroxylation is 1. The highest BCUT2D eigenvalue weighted by molar-refractivity contribution is 5.69. The Labute approximate surface area is 143 Å². The van der Waals surface area contributed by atoms with Crippen LogP contribution in [0.2, 0.25) is 0 Å². The molecule has 1 unspecified atom stereocenters. The number of anilines is 1. The Hall–Kier alpha value is -2.48. The summed E-state index contributed by atoms with van der Waals surface area (Å²) in [5.41, 5.74) is 6.59. The zero-order chi connectivity index (χ0) is 16.7. The Morgan fingerprint density at radius 1 is 1.04 bits per heavy atom. The summed E-state index contributed by atoms with van der Waals surface area (Å²) in [6, 6.07) is 19.5. The molecule has 2 heterocycles. The van der Waals surface area contributed by atoms with Gasteiger partial charge < -0.3 is 9.32 Å². The molecule has 4 rings (SSSR count). The van der Waals surface area contributed by atoms with Gasteiger partial charge in [-0.05, 0) is 32.4 Å². The van der Waals surface area contributed by atoms with Crippen LogP contribution in [0.15, 0.2) is 59.0 Å². The van der Waals surface area contributed by atoms with Crippen LogP contribution >= 0.6 is 0 Å². The lowest BCUT2D eigenvalue weighted by Crippen LogP contribution is -2.26. The third-order valence-electron chi connectivity index (χ3n) is 5.18. The lowest BCUT2D eigenvalue weighted by molar-refractivity contribution is 0.539. The molecule has 2 heteroatoms. The number of furan rings is 1. The fourth-order valence-corrected chi connectivity index (χ4v) is 4.00. The van der Waals surface area contributed by atoms with Gasteiger partial charge >= 0.3 is 0 Å². The molecule has 1 aliphatic rings. The van der Waals surface area contributed by atoms with Crippen LogP contribution in [-0.4, -0.2) is 6.54 Å². The molecule has 1 aromatic heterocycles. The Morgan fingerprint density at radius 2 is 1.75 bits per heavy atom. The predicted octanol–water partition coefficient (Wildman–Crippen LogP) is 5.75. The van der Waals surface area contributed by atoms with Gasteiger partial charge in [0, 0.05) is 35.3 Å². The molecular weight excluding hydrogens is 294 g/mol. The van der Waals surface area contributed by atoms with Crippen LogP contribution in [0.3, 0.4) is 0 Å². The van der Waals surface area contributed by atoms with E-state index in [0.717, 1.165) is 30.0 Å². The summed E-state index contributed by atoms with van der Waals surface area (Å²) >= 11 is 0. The van der Waals surface area contributed by atoms with Crippen LogP contribution in [0.4, 0.5) is 5.69 Å². The molecular formula is C22H23NO. The van der Waals surface area contributed by atoms with Crippen molar-refractivity contribution in [1.82, 2.24) is 0 Å². The van der Waals surface area contributed by atoms with Crippen molar-refractivity contribution in [2.45, 2.75) is 33.2 Å². The summed E-state index contributed by atoms with van der Waals surface area (Å²) in [6.45, 7) is 7.61. The van der Waals surface area contributed by atoms with E-state index >= 15 is 0 Å². The monoisotopic (exact) mass is 317 g/mol. The highest BCUT2D eigenvalue weighted by atomic mass is 16.3. The van der Waals surface area contributed by atoms with Crippen molar-refractivity contribution in [3.63, 3.8) is 0 Å².